The molecule has 24 heavy (non-hydrogen) atoms. The second kappa shape index (κ2) is 9.08. The van der Waals surface area contributed by atoms with Gasteiger partial charge in [0.25, 0.3) is 5.91 Å². The maximum absolute atomic E-state index is 12.1. The van der Waals surface area contributed by atoms with Gasteiger partial charge in [0.05, 0.1) is 16.6 Å². The average molecular weight is 346 g/mol. The van der Waals surface area contributed by atoms with E-state index in [2.05, 4.69) is 12.2 Å². The maximum atomic E-state index is 12.1. The maximum Gasteiger partial charge on any atom is 0.340 e. The van der Waals surface area contributed by atoms with Gasteiger partial charge in [0, 0.05) is 0 Å². The molecule has 0 saturated heterocycles. The van der Waals surface area contributed by atoms with Crippen LogP contribution in [0.15, 0.2) is 54.6 Å². The van der Waals surface area contributed by atoms with E-state index in [1.165, 1.54) is 0 Å². The molecule has 1 atom stereocenters. The number of halogens is 1. The Morgan fingerprint density at radius 3 is 2.42 bits per heavy atom. The van der Waals surface area contributed by atoms with E-state index >= 15 is 0 Å². The fourth-order valence-corrected chi connectivity index (χ4v) is 2.58. The zero-order valence-electron chi connectivity index (χ0n) is 13.5. The van der Waals surface area contributed by atoms with E-state index in [4.69, 9.17) is 16.3 Å². The molecule has 5 heteroatoms. The summed E-state index contributed by atoms with van der Waals surface area (Å²) >= 11 is 5.94. The summed E-state index contributed by atoms with van der Waals surface area (Å²) in [4.78, 5) is 24.1. The highest BCUT2D eigenvalue weighted by Crippen LogP contribution is 2.18. The van der Waals surface area contributed by atoms with Crippen LogP contribution < -0.4 is 5.32 Å². The zero-order valence-corrected chi connectivity index (χ0v) is 14.3. The molecule has 4 nitrogen and oxygen atoms in total. The van der Waals surface area contributed by atoms with Crippen LogP contribution in [-0.4, -0.2) is 18.5 Å². The van der Waals surface area contributed by atoms with Gasteiger partial charge in [0.1, 0.15) is 0 Å². The van der Waals surface area contributed by atoms with Crippen LogP contribution in [0.5, 0.6) is 0 Å². The van der Waals surface area contributed by atoms with Crippen LogP contribution in [0.2, 0.25) is 5.02 Å². The Hall–Kier alpha value is -2.33. The molecular weight excluding hydrogens is 326 g/mol. The standard InChI is InChI=1S/C19H20ClNO3/c1-2-8-17(14-9-4-3-5-10-14)21-18(22)13-24-19(23)15-11-6-7-12-16(15)20/h3-7,9-12,17H,2,8,13H2,1H3,(H,21,22). The van der Waals surface area contributed by atoms with E-state index in [-0.39, 0.29) is 24.1 Å². The molecule has 0 heterocycles. The smallest absolute Gasteiger partial charge is 0.340 e. The molecule has 0 fully saturated rings. The Bertz CT molecular complexity index is 688. The number of carbonyl (C=O) groups is 2. The number of hydrogen-bond donors (Lipinski definition) is 1. The number of rotatable bonds is 7. The molecule has 0 aliphatic heterocycles. The van der Waals surface area contributed by atoms with Crippen LogP contribution in [0, 0.1) is 0 Å². The van der Waals surface area contributed by atoms with Crippen molar-refractivity contribution in [3.8, 4) is 0 Å². The van der Waals surface area contributed by atoms with Crippen molar-refractivity contribution in [3.05, 3.63) is 70.7 Å². The number of benzene rings is 2. The molecular formula is C19H20ClNO3. The molecule has 0 aliphatic carbocycles. The first-order valence-electron chi connectivity index (χ1n) is 7.87. The lowest BCUT2D eigenvalue weighted by Crippen LogP contribution is -2.32. The summed E-state index contributed by atoms with van der Waals surface area (Å²) in [5.41, 5.74) is 1.28. The molecule has 126 valence electrons. The Morgan fingerprint density at radius 2 is 1.75 bits per heavy atom. The second-order valence-corrected chi connectivity index (χ2v) is 5.78. The first-order valence-corrected chi connectivity index (χ1v) is 8.25. The summed E-state index contributed by atoms with van der Waals surface area (Å²) in [5.74, 6) is -0.944. The summed E-state index contributed by atoms with van der Waals surface area (Å²) in [6.45, 7) is 1.72. The van der Waals surface area contributed by atoms with Gasteiger partial charge in [-0.2, -0.15) is 0 Å². The van der Waals surface area contributed by atoms with E-state index in [1.54, 1.807) is 24.3 Å². The van der Waals surface area contributed by atoms with Gasteiger partial charge in [0.2, 0.25) is 0 Å². The largest absolute Gasteiger partial charge is 0.452 e. The molecule has 1 unspecified atom stereocenters. The minimum absolute atomic E-state index is 0.0947. The molecule has 1 amide bonds. The quantitative estimate of drug-likeness (QED) is 0.767. The predicted octanol–water partition coefficient (Wildman–Crippen LogP) is 4.15. The van der Waals surface area contributed by atoms with Crippen molar-refractivity contribution in [3.63, 3.8) is 0 Å². The zero-order chi connectivity index (χ0) is 17.4. The molecule has 0 aliphatic rings. The van der Waals surface area contributed by atoms with Crippen molar-refractivity contribution in [1.29, 1.82) is 0 Å². The molecule has 2 rings (SSSR count). The molecule has 0 saturated carbocycles. The average Bonchev–Trinajstić information content (AvgIpc) is 2.60. The van der Waals surface area contributed by atoms with Gasteiger partial charge < -0.3 is 10.1 Å². The van der Waals surface area contributed by atoms with Gasteiger partial charge in [0.15, 0.2) is 6.61 Å². The van der Waals surface area contributed by atoms with Crippen LogP contribution in [0.3, 0.4) is 0 Å². The van der Waals surface area contributed by atoms with Crippen molar-refractivity contribution in [1.82, 2.24) is 5.32 Å². The number of amides is 1. The lowest BCUT2D eigenvalue weighted by Gasteiger charge is -2.18. The lowest BCUT2D eigenvalue weighted by atomic mass is 10.0. The third-order valence-corrected chi connectivity index (χ3v) is 3.87. The van der Waals surface area contributed by atoms with Crippen molar-refractivity contribution in [2.24, 2.45) is 0 Å². The molecule has 0 bridgehead atoms. The summed E-state index contributed by atoms with van der Waals surface area (Å²) in [6, 6.07) is 16.2. The third-order valence-electron chi connectivity index (χ3n) is 3.54. The lowest BCUT2D eigenvalue weighted by molar-refractivity contribution is -0.125. The molecule has 1 N–H and O–H groups in total. The topological polar surface area (TPSA) is 55.4 Å². The van der Waals surface area contributed by atoms with Gasteiger partial charge in [-0.05, 0) is 24.1 Å². The van der Waals surface area contributed by atoms with E-state index in [0.717, 1.165) is 18.4 Å². The summed E-state index contributed by atoms with van der Waals surface area (Å²) in [5, 5.41) is 3.21. The van der Waals surface area contributed by atoms with Gasteiger partial charge in [-0.1, -0.05) is 67.4 Å². The third kappa shape index (κ3) is 5.10. The second-order valence-electron chi connectivity index (χ2n) is 5.38. The Kier molecular flexibility index (Phi) is 6.82. The first kappa shape index (κ1) is 18.0. The summed E-state index contributed by atoms with van der Waals surface area (Å²) < 4.78 is 5.05. The SMILES string of the molecule is CCCC(NC(=O)COC(=O)c1ccccc1Cl)c1ccccc1. The molecule has 0 aromatic heterocycles. The monoisotopic (exact) mass is 345 g/mol. The highest BCUT2D eigenvalue weighted by molar-refractivity contribution is 6.33. The van der Waals surface area contributed by atoms with Gasteiger partial charge in [-0.25, -0.2) is 4.79 Å². The fraction of sp³-hybridized carbons (Fsp3) is 0.263. The normalized spacial score (nSPS) is 11.6. The summed E-state index contributed by atoms with van der Waals surface area (Å²) in [7, 11) is 0. The minimum atomic E-state index is -0.609. The van der Waals surface area contributed by atoms with Gasteiger partial charge in [-0.3, -0.25) is 4.79 Å². The Balaban J connectivity index is 1.92. The van der Waals surface area contributed by atoms with Crippen molar-refractivity contribution >= 4 is 23.5 Å². The van der Waals surface area contributed by atoms with E-state index in [1.807, 2.05) is 30.3 Å². The summed E-state index contributed by atoms with van der Waals surface area (Å²) in [6.07, 6.45) is 1.74. The van der Waals surface area contributed by atoms with Crippen LogP contribution in [0.4, 0.5) is 0 Å². The van der Waals surface area contributed by atoms with Crippen LogP contribution >= 0.6 is 11.6 Å². The molecule has 0 spiro atoms. The first-order chi connectivity index (χ1) is 11.6. The van der Waals surface area contributed by atoms with Crippen molar-refractivity contribution in [2.75, 3.05) is 6.61 Å². The number of nitrogens with one attached hydrogen (secondary N) is 1. The highest BCUT2D eigenvalue weighted by atomic mass is 35.5. The number of hydrogen-bond acceptors (Lipinski definition) is 3. The minimum Gasteiger partial charge on any atom is -0.452 e. The molecule has 2 aromatic carbocycles. The molecule has 0 radical (unpaired) electrons. The highest BCUT2D eigenvalue weighted by Gasteiger charge is 2.16. The predicted molar refractivity (Wildman–Crippen MR) is 94.0 cm³/mol. The van der Waals surface area contributed by atoms with Crippen LogP contribution in [0.1, 0.15) is 41.7 Å². The van der Waals surface area contributed by atoms with E-state index < -0.39 is 5.97 Å². The number of esters is 1. The molecule has 2 aromatic rings. The number of ether oxygens (including phenoxy) is 1. The van der Waals surface area contributed by atoms with Crippen molar-refractivity contribution in [2.45, 2.75) is 25.8 Å². The van der Waals surface area contributed by atoms with Crippen LogP contribution in [-0.2, 0) is 9.53 Å². The van der Waals surface area contributed by atoms with E-state index in [9.17, 15) is 9.59 Å². The Morgan fingerprint density at radius 1 is 1.08 bits per heavy atom. The van der Waals surface area contributed by atoms with Crippen LogP contribution in [0.25, 0.3) is 0 Å². The van der Waals surface area contributed by atoms with Crippen molar-refractivity contribution < 1.29 is 14.3 Å². The number of carbonyl (C=O) groups excluding carboxylic acids is 2. The Labute approximate surface area is 146 Å². The van der Waals surface area contributed by atoms with Gasteiger partial charge >= 0.3 is 5.97 Å². The van der Waals surface area contributed by atoms with Gasteiger partial charge in [-0.15, -0.1) is 0 Å². The fourth-order valence-electron chi connectivity index (χ4n) is 2.37. The van der Waals surface area contributed by atoms with E-state index in [0.29, 0.717) is 5.02 Å².